The molecule has 0 radical (unpaired) electrons. The van der Waals surface area contributed by atoms with Gasteiger partial charge in [0.05, 0.1) is 41.6 Å². The number of carbonyl (C=O) groups excluding carboxylic acids is 1. The summed E-state index contributed by atoms with van der Waals surface area (Å²) in [4.78, 5) is 14.7. The van der Waals surface area contributed by atoms with Gasteiger partial charge in [-0.3, -0.25) is 4.79 Å². The van der Waals surface area contributed by atoms with E-state index in [-0.39, 0.29) is 11.4 Å². The number of alkyl halides is 3. The van der Waals surface area contributed by atoms with Crippen molar-refractivity contribution in [3.05, 3.63) is 66.2 Å². The summed E-state index contributed by atoms with van der Waals surface area (Å²) >= 11 is 1.09. The van der Waals surface area contributed by atoms with E-state index in [4.69, 9.17) is 4.74 Å². The monoisotopic (exact) mass is 514 g/mol. The maximum atomic E-state index is 13.4. The van der Waals surface area contributed by atoms with Gasteiger partial charge in [-0.2, -0.15) is 17.9 Å². The molecule has 1 amide bonds. The third-order valence-corrected chi connectivity index (χ3v) is 6.64. The van der Waals surface area contributed by atoms with Gasteiger partial charge in [-0.05, 0) is 40.1 Å². The second-order valence-corrected chi connectivity index (χ2v) is 8.98. The fourth-order valence-electron chi connectivity index (χ4n) is 4.02. The van der Waals surface area contributed by atoms with Crippen LogP contribution < -0.4 is 10.2 Å². The maximum absolute atomic E-state index is 13.4. The summed E-state index contributed by atoms with van der Waals surface area (Å²) in [5.74, 6) is -0.564. The van der Waals surface area contributed by atoms with E-state index < -0.39 is 17.6 Å². The summed E-state index contributed by atoms with van der Waals surface area (Å²) < 4.78 is 46.9. The van der Waals surface area contributed by atoms with E-state index in [1.54, 1.807) is 4.68 Å². The van der Waals surface area contributed by atoms with Crippen LogP contribution >= 0.6 is 11.8 Å². The van der Waals surface area contributed by atoms with Gasteiger partial charge in [-0.15, -0.1) is 5.10 Å². The van der Waals surface area contributed by atoms with Crippen molar-refractivity contribution in [2.75, 3.05) is 42.3 Å². The molecule has 1 aromatic heterocycles. The number of nitrogens with zero attached hydrogens (tertiary/aromatic N) is 5. The molecule has 36 heavy (non-hydrogen) atoms. The zero-order valence-corrected chi connectivity index (χ0v) is 19.7. The molecule has 3 aromatic carbocycles. The van der Waals surface area contributed by atoms with Crippen LogP contribution in [-0.2, 0) is 15.7 Å². The third kappa shape index (κ3) is 5.14. The summed E-state index contributed by atoms with van der Waals surface area (Å²) in [6.45, 7) is 1.95. The molecule has 12 heteroatoms. The van der Waals surface area contributed by atoms with Gasteiger partial charge in [-0.25, -0.2) is 0 Å². The van der Waals surface area contributed by atoms with Crippen molar-refractivity contribution in [2.24, 2.45) is 0 Å². The maximum Gasteiger partial charge on any atom is 0.416 e. The summed E-state index contributed by atoms with van der Waals surface area (Å²) in [7, 11) is 0. The average Bonchev–Trinajstić information content (AvgIpc) is 3.35. The van der Waals surface area contributed by atoms with Crippen molar-refractivity contribution in [3.8, 4) is 5.69 Å². The van der Waals surface area contributed by atoms with E-state index in [9.17, 15) is 18.0 Å². The standard InChI is InChI=1S/C24H21F3N6O2S/c25-24(26,27)17-8-9-21(32-10-12-35-13-11-32)19(14-17)28-22(34)15-36-23-29-30-31-33(23)20-7-3-5-16-4-1-2-6-18(16)20/h1-9,14H,10-13,15H2,(H,28,34). The molecule has 1 saturated heterocycles. The Hall–Kier alpha value is -3.64. The van der Waals surface area contributed by atoms with Crippen molar-refractivity contribution in [2.45, 2.75) is 11.3 Å². The first-order valence-electron chi connectivity index (χ1n) is 11.1. The van der Waals surface area contributed by atoms with Gasteiger partial charge < -0.3 is 15.0 Å². The van der Waals surface area contributed by atoms with E-state index in [0.717, 1.165) is 40.4 Å². The number of rotatable bonds is 6. The van der Waals surface area contributed by atoms with Crippen LogP contribution in [0.15, 0.2) is 65.8 Å². The van der Waals surface area contributed by atoms with Crippen LogP contribution in [0.25, 0.3) is 16.5 Å². The fraction of sp³-hybridized carbons (Fsp3) is 0.250. The molecular formula is C24H21F3N6O2S. The van der Waals surface area contributed by atoms with Crippen molar-refractivity contribution in [1.82, 2.24) is 20.2 Å². The second-order valence-electron chi connectivity index (χ2n) is 8.04. The van der Waals surface area contributed by atoms with Gasteiger partial charge in [0, 0.05) is 18.5 Å². The van der Waals surface area contributed by atoms with Crippen LogP contribution in [0, 0.1) is 0 Å². The van der Waals surface area contributed by atoms with Crippen LogP contribution in [0.4, 0.5) is 24.5 Å². The molecule has 1 aliphatic heterocycles. The lowest BCUT2D eigenvalue weighted by Gasteiger charge is -2.31. The van der Waals surface area contributed by atoms with Crippen LogP contribution in [0.5, 0.6) is 0 Å². The number of hydrogen-bond acceptors (Lipinski definition) is 7. The first kappa shape index (κ1) is 24.1. The zero-order chi connectivity index (χ0) is 25.1. The molecule has 8 nitrogen and oxygen atoms in total. The Morgan fingerprint density at radius 3 is 2.61 bits per heavy atom. The SMILES string of the molecule is O=C(CSc1nnnn1-c1cccc2ccccc12)Nc1cc(C(F)(F)F)ccc1N1CCOCC1. The van der Waals surface area contributed by atoms with Crippen LogP contribution in [0.1, 0.15) is 5.56 Å². The predicted octanol–water partition coefficient (Wildman–Crippen LogP) is 4.40. The average molecular weight is 515 g/mol. The number of benzene rings is 3. The number of tetrazole rings is 1. The number of carbonyl (C=O) groups is 1. The number of thioether (sulfide) groups is 1. The predicted molar refractivity (Wildman–Crippen MR) is 130 cm³/mol. The number of amides is 1. The molecule has 1 fully saturated rings. The summed E-state index contributed by atoms with van der Waals surface area (Å²) in [5.41, 5.74) is 0.548. The van der Waals surface area contributed by atoms with E-state index in [2.05, 4.69) is 20.8 Å². The largest absolute Gasteiger partial charge is 0.416 e. The quantitative estimate of drug-likeness (QED) is 0.382. The van der Waals surface area contributed by atoms with Gasteiger partial charge in [0.2, 0.25) is 11.1 Å². The number of ether oxygens (including phenoxy) is 1. The smallest absolute Gasteiger partial charge is 0.378 e. The normalized spacial score (nSPS) is 14.2. The molecule has 1 aliphatic rings. The van der Waals surface area contributed by atoms with Crippen molar-refractivity contribution >= 4 is 39.8 Å². The second kappa shape index (κ2) is 10.2. The molecule has 0 unspecified atom stereocenters. The lowest BCUT2D eigenvalue weighted by molar-refractivity contribution is -0.137. The molecule has 5 rings (SSSR count). The lowest BCUT2D eigenvalue weighted by Crippen LogP contribution is -2.37. The Balaban J connectivity index is 1.35. The van der Waals surface area contributed by atoms with Crippen molar-refractivity contribution < 1.29 is 22.7 Å². The Labute approximate surface area is 208 Å². The van der Waals surface area contributed by atoms with Crippen molar-refractivity contribution in [1.29, 1.82) is 0 Å². The third-order valence-electron chi connectivity index (χ3n) is 5.72. The highest BCUT2D eigenvalue weighted by molar-refractivity contribution is 7.99. The van der Waals surface area contributed by atoms with Crippen LogP contribution in [0.2, 0.25) is 0 Å². The molecule has 0 saturated carbocycles. The van der Waals surface area contributed by atoms with Crippen molar-refractivity contribution in [3.63, 3.8) is 0 Å². The molecule has 0 spiro atoms. The minimum absolute atomic E-state index is 0.0933. The Morgan fingerprint density at radius 2 is 1.81 bits per heavy atom. The van der Waals surface area contributed by atoms with E-state index in [1.807, 2.05) is 47.4 Å². The van der Waals surface area contributed by atoms with Crippen LogP contribution in [0.3, 0.4) is 0 Å². The number of nitrogens with one attached hydrogen (secondary N) is 1. The zero-order valence-electron chi connectivity index (χ0n) is 18.9. The minimum atomic E-state index is -4.53. The summed E-state index contributed by atoms with van der Waals surface area (Å²) in [6, 6.07) is 16.9. The lowest BCUT2D eigenvalue weighted by atomic mass is 10.1. The highest BCUT2D eigenvalue weighted by Gasteiger charge is 2.32. The topological polar surface area (TPSA) is 85.2 Å². The van der Waals surface area contributed by atoms with E-state index >= 15 is 0 Å². The Kier molecular flexibility index (Phi) is 6.79. The number of anilines is 2. The summed E-state index contributed by atoms with van der Waals surface area (Å²) in [6.07, 6.45) is -4.53. The number of aromatic nitrogens is 4. The van der Waals surface area contributed by atoms with Gasteiger partial charge in [0.1, 0.15) is 0 Å². The molecule has 1 N–H and O–H groups in total. The molecule has 2 heterocycles. The Morgan fingerprint density at radius 1 is 1.03 bits per heavy atom. The molecule has 0 bridgehead atoms. The highest BCUT2D eigenvalue weighted by atomic mass is 32.2. The van der Waals surface area contributed by atoms with Gasteiger partial charge in [-0.1, -0.05) is 48.2 Å². The fourth-order valence-corrected chi connectivity index (χ4v) is 4.71. The van der Waals surface area contributed by atoms with Gasteiger partial charge in [0.25, 0.3) is 0 Å². The van der Waals surface area contributed by atoms with E-state index in [1.165, 1.54) is 6.07 Å². The van der Waals surface area contributed by atoms with E-state index in [0.29, 0.717) is 37.1 Å². The van der Waals surface area contributed by atoms with Crippen LogP contribution in [-0.4, -0.2) is 58.2 Å². The molecule has 186 valence electrons. The minimum Gasteiger partial charge on any atom is -0.378 e. The first-order valence-corrected chi connectivity index (χ1v) is 12.1. The molecule has 0 aliphatic carbocycles. The van der Waals surface area contributed by atoms with Gasteiger partial charge >= 0.3 is 6.18 Å². The number of hydrogen-bond donors (Lipinski definition) is 1. The molecule has 4 aromatic rings. The molecule has 0 atom stereocenters. The highest BCUT2D eigenvalue weighted by Crippen LogP contribution is 2.36. The number of halogens is 3. The number of fused-ring (bicyclic) bond motifs is 1. The first-order chi connectivity index (χ1) is 17.4. The summed E-state index contributed by atoms with van der Waals surface area (Å²) in [5, 5.41) is 16.8. The Bertz CT molecular complexity index is 1380. The number of morpholine rings is 1. The van der Waals surface area contributed by atoms with Gasteiger partial charge in [0.15, 0.2) is 0 Å². The molecular weight excluding hydrogens is 493 g/mol.